The number of nitrogens with zero attached hydrogens (tertiary/aromatic N) is 2. The highest BCUT2D eigenvalue weighted by Crippen LogP contribution is 2.23. The van der Waals surface area contributed by atoms with Gasteiger partial charge in [0.15, 0.2) is 5.96 Å². The van der Waals surface area contributed by atoms with E-state index in [2.05, 4.69) is 20.6 Å². The fourth-order valence-electron chi connectivity index (χ4n) is 2.28. The highest BCUT2D eigenvalue weighted by Gasteiger charge is 2.03. The molecule has 2 aromatic rings. The highest BCUT2D eigenvalue weighted by molar-refractivity contribution is 5.79. The van der Waals surface area contributed by atoms with E-state index in [1.807, 2.05) is 50.2 Å². The molecule has 1 heterocycles. The van der Waals surface area contributed by atoms with E-state index in [0.717, 1.165) is 23.8 Å². The number of ether oxygens (including phenoxy) is 3. The van der Waals surface area contributed by atoms with Crippen molar-refractivity contribution in [1.82, 2.24) is 15.6 Å². The summed E-state index contributed by atoms with van der Waals surface area (Å²) in [5, 5.41) is 6.42. The molecular formula is C20H28N4O3. The standard InChI is InChI=1S/C20H28N4O3/c1-4-21-20(23-12-13-25-3)24-15-16-10-11-22-19(14-16)27-18-8-6-17(7-9-18)26-5-2/h6-11,14H,4-5,12-13,15H2,1-3H3,(H2,21,23,24). The van der Waals surface area contributed by atoms with E-state index in [1.165, 1.54) is 0 Å². The lowest BCUT2D eigenvalue weighted by Crippen LogP contribution is -2.38. The van der Waals surface area contributed by atoms with Crippen LogP contribution in [0.25, 0.3) is 0 Å². The first-order valence-electron chi connectivity index (χ1n) is 9.12. The van der Waals surface area contributed by atoms with Gasteiger partial charge in [-0.15, -0.1) is 0 Å². The van der Waals surface area contributed by atoms with Crippen LogP contribution < -0.4 is 20.1 Å². The van der Waals surface area contributed by atoms with Crippen molar-refractivity contribution in [2.75, 3.05) is 33.4 Å². The number of pyridine rings is 1. The second-order valence-electron chi connectivity index (χ2n) is 5.62. The molecule has 0 atom stereocenters. The number of rotatable bonds is 10. The number of methoxy groups -OCH3 is 1. The molecule has 0 saturated heterocycles. The summed E-state index contributed by atoms with van der Waals surface area (Å²) >= 11 is 0. The van der Waals surface area contributed by atoms with Gasteiger partial charge in [-0.25, -0.2) is 9.98 Å². The number of benzene rings is 1. The summed E-state index contributed by atoms with van der Waals surface area (Å²) in [6.07, 6.45) is 1.72. The molecule has 27 heavy (non-hydrogen) atoms. The van der Waals surface area contributed by atoms with Gasteiger partial charge in [-0.3, -0.25) is 0 Å². The molecule has 0 fully saturated rings. The van der Waals surface area contributed by atoms with Gasteiger partial charge < -0.3 is 24.8 Å². The van der Waals surface area contributed by atoms with E-state index in [-0.39, 0.29) is 0 Å². The molecule has 2 N–H and O–H groups in total. The van der Waals surface area contributed by atoms with Gasteiger partial charge in [0.2, 0.25) is 5.88 Å². The van der Waals surface area contributed by atoms with Gasteiger partial charge in [-0.1, -0.05) is 0 Å². The van der Waals surface area contributed by atoms with E-state index in [1.54, 1.807) is 13.3 Å². The molecule has 0 amide bonds. The molecule has 0 spiro atoms. The van der Waals surface area contributed by atoms with Gasteiger partial charge in [0.25, 0.3) is 0 Å². The first-order chi connectivity index (χ1) is 13.2. The molecule has 1 aromatic carbocycles. The Morgan fingerprint density at radius 3 is 2.56 bits per heavy atom. The van der Waals surface area contributed by atoms with Gasteiger partial charge in [-0.2, -0.15) is 0 Å². The summed E-state index contributed by atoms with van der Waals surface area (Å²) in [5.74, 6) is 2.81. The fraction of sp³-hybridized carbons (Fsp3) is 0.400. The SMILES string of the molecule is CCNC(=NCc1ccnc(Oc2ccc(OCC)cc2)c1)NCCOC. The monoisotopic (exact) mass is 372 g/mol. The van der Waals surface area contributed by atoms with Gasteiger partial charge >= 0.3 is 0 Å². The van der Waals surface area contributed by atoms with E-state index in [0.29, 0.717) is 37.9 Å². The number of hydrogen-bond donors (Lipinski definition) is 2. The second-order valence-corrected chi connectivity index (χ2v) is 5.62. The Morgan fingerprint density at radius 1 is 1.07 bits per heavy atom. The van der Waals surface area contributed by atoms with Crippen LogP contribution in [-0.4, -0.2) is 44.4 Å². The molecular weight excluding hydrogens is 344 g/mol. The van der Waals surface area contributed by atoms with Crippen LogP contribution in [0.4, 0.5) is 0 Å². The zero-order valence-electron chi connectivity index (χ0n) is 16.2. The van der Waals surface area contributed by atoms with Crippen molar-refractivity contribution < 1.29 is 14.2 Å². The molecule has 0 aliphatic carbocycles. The molecule has 7 heteroatoms. The summed E-state index contributed by atoms with van der Waals surface area (Å²) in [6, 6.07) is 11.3. The molecule has 0 radical (unpaired) electrons. The van der Waals surface area contributed by atoms with Crippen LogP contribution in [0, 0.1) is 0 Å². The molecule has 0 aliphatic heterocycles. The van der Waals surface area contributed by atoms with Gasteiger partial charge in [0, 0.05) is 32.5 Å². The predicted octanol–water partition coefficient (Wildman–Crippen LogP) is 2.97. The van der Waals surface area contributed by atoms with Crippen LogP contribution in [0.1, 0.15) is 19.4 Å². The molecule has 146 valence electrons. The lowest BCUT2D eigenvalue weighted by atomic mass is 10.2. The molecule has 0 bridgehead atoms. The summed E-state index contributed by atoms with van der Waals surface area (Å²) < 4.78 is 16.3. The average molecular weight is 372 g/mol. The van der Waals surface area contributed by atoms with Crippen LogP contribution >= 0.6 is 0 Å². The Bertz CT molecular complexity index is 705. The first kappa shape index (κ1) is 20.5. The third kappa shape index (κ3) is 7.53. The molecule has 2 rings (SSSR count). The van der Waals surface area contributed by atoms with Crippen molar-refractivity contribution in [1.29, 1.82) is 0 Å². The Hall–Kier alpha value is -2.80. The van der Waals surface area contributed by atoms with Crippen LogP contribution in [0.2, 0.25) is 0 Å². The van der Waals surface area contributed by atoms with Crippen molar-refractivity contribution in [2.24, 2.45) is 4.99 Å². The Balaban J connectivity index is 1.97. The normalized spacial score (nSPS) is 11.1. The Kier molecular flexibility index (Phi) is 8.92. The van der Waals surface area contributed by atoms with Crippen molar-refractivity contribution >= 4 is 5.96 Å². The minimum absolute atomic E-state index is 0.518. The summed E-state index contributed by atoms with van der Waals surface area (Å²) in [7, 11) is 1.68. The third-order valence-corrected chi connectivity index (χ3v) is 3.52. The summed E-state index contributed by atoms with van der Waals surface area (Å²) in [5.41, 5.74) is 1.01. The third-order valence-electron chi connectivity index (χ3n) is 3.52. The van der Waals surface area contributed by atoms with Crippen molar-refractivity contribution in [3.8, 4) is 17.4 Å². The van der Waals surface area contributed by atoms with Gasteiger partial charge in [-0.05, 0) is 49.7 Å². The smallest absolute Gasteiger partial charge is 0.219 e. The summed E-state index contributed by atoms with van der Waals surface area (Å²) in [6.45, 7) is 7.26. The van der Waals surface area contributed by atoms with E-state index in [4.69, 9.17) is 14.2 Å². The van der Waals surface area contributed by atoms with Gasteiger partial charge in [0.1, 0.15) is 11.5 Å². The van der Waals surface area contributed by atoms with Crippen molar-refractivity contribution in [2.45, 2.75) is 20.4 Å². The molecule has 0 saturated carbocycles. The molecule has 7 nitrogen and oxygen atoms in total. The quantitative estimate of drug-likeness (QED) is 0.379. The number of aliphatic imine (C=N–C) groups is 1. The maximum atomic E-state index is 5.82. The van der Waals surface area contributed by atoms with Gasteiger partial charge in [0.05, 0.1) is 19.8 Å². The topological polar surface area (TPSA) is 77.0 Å². The number of guanidine groups is 1. The molecule has 0 aliphatic rings. The maximum absolute atomic E-state index is 5.82. The van der Waals surface area contributed by atoms with E-state index in [9.17, 15) is 0 Å². The van der Waals surface area contributed by atoms with Crippen LogP contribution in [-0.2, 0) is 11.3 Å². The lowest BCUT2D eigenvalue weighted by molar-refractivity contribution is 0.203. The van der Waals surface area contributed by atoms with Crippen molar-refractivity contribution in [3.63, 3.8) is 0 Å². The maximum Gasteiger partial charge on any atom is 0.219 e. The minimum atomic E-state index is 0.518. The van der Waals surface area contributed by atoms with Crippen LogP contribution in [0.3, 0.4) is 0 Å². The van der Waals surface area contributed by atoms with Crippen LogP contribution in [0.15, 0.2) is 47.6 Å². The first-order valence-corrected chi connectivity index (χ1v) is 9.12. The zero-order chi connectivity index (χ0) is 19.3. The number of nitrogens with one attached hydrogen (secondary N) is 2. The minimum Gasteiger partial charge on any atom is -0.494 e. The largest absolute Gasteiger partial charge is 0.494 e. The van der Waals surface area contributed by atoms with E-state index >= 15 is 0 Å². The highest BCUT2D eigenvalue weighted by atomic mass is 16.5. The zero-order valence-corrected chi connectivity index (χ0v) is 16.2. The van der Waals surface area contributed by atoms with Crippen molar-refractivity contribution in [3.05, 3.63) is 48.2 Å². The summed E-state index contributed by atoms with van der Waals surface area (Å²) in [4.78, 5) is 8.84. The van der Waals surface area contributed by atoms with Crippen LogP contribution in [0.5, 0.6) is 17.4 Å². The van der Waals surface area contributed by atoms with E-state index < -0.39 is 0 Å². The molecule has 1 aromatic heterocycles. The Labute approximate surface area is 160 Å². The predicted molar refractivity (Wildman–Crippen MR) is 107 cm³/mol. The fourth-order valence-corrected chi connectivity index (χ4v) is 2.28. The number of aromatic nitrogens is 1. The second kappa shape index (κ2) is 11.7. The lowest BCUT2D eigenvalue weighted by Gasteiger charge is -2.11. The Morgan fingerprint density at radius 2 is 1.85 bits per heavy atom. The number of hydrogen-bond acceptors (Lipinski definition) is 5. The molecule has 0 unspecified atom stereocenters. The average Bonchev–Trinajstić information content (AvgIpc) is 2.68.